The predicted molar refractivity (Wildman–Crippen MR) is 81.8 cm³/mol. The Balaban J connectivity index is 1.90. The van der Waals surface area contributed by atoms with E-state index in [1.54, 1.807) is 17.0 Å². The zero-order valence-corrected chi connectivity index (χ0v) is 12.4. The number of aliphatic hydroxyl groups excluding tert-OH is 2. The fraction of sp³-hybridized carbons (Fsp3) is 0.500. The average Bonchev–Trinajstić information content (AvgIpc) is 2.90. The summed E-state index contributed by atoms with van der Waals surface area (Å²) >= 11 is 0. The molecule has 0 amide bonds. The molecule has 23 heavy (non-hydrogen) atoms. The Morgan fingerprint density at radius 2 is 2.30 bits per heavy atom. The Hall–Kier alpha value is -2.07. The molecule has 2 aliphatic heterocycles. The number of aliphatic imine (C=N–C) groups is 1. The molecular weight excluding hydrogens is 302 g/mol. The quantitative estimate of drug-likeness (QED) is 0.591. The molecule has 1 fully saturated rings. The van der Waals surface area contributed by atoms with Crippen molar-refractivity contribution in [1.29, 1.82) is 0 Å². The first kappa shape index (κ1) is 14.5. The lowest BCUT2D eigenvalue weighted by atomic mass is 9.96. The number of nitrogens with zero attached hydrogens (tertiary/aromatic N) is 4. The van der Waals surface area contributed by atoms with E-state index in [9.17, 15) is 15.3 Å². The second kappa shape index (κ2) is 4.96. The van der Waals surface area contributed by atoms with E-state index in [1.807, 2.05) is 0 Å². The minimum absolute atomic E-state index is 0.389. The molecule has 2 aromatic heterocycles. The van der Waals surface area contributed by atoms with Gasteiger partial charge in [-0.15, -0.1) is 0 Å². The van der Waals surface area contributed by atoms with E-state index in [0.717, 1.165) is 5.39 Å². The van der Waals surface area contributed by atoms with Crippen LogP contribution in [0.3, 0.4) is 0 Å². The highest BCUT2D eigenvalue weighted by atomic mass is 16.6. The lowest BCUT2D eigenvalue weighted by Crippen LogP contribution is -2.44. The first-order valence-electron chi connectivity index (χ1n) is 7.32. The molecule has 2 aromatic rings. The molecule has 0 saturated carbocycles. The fourth-order valence-corrected chi connectivity index (χ4v) is 3.15. The SMILES string of the molecule is C[C@]1(O)C(n2cc3c4c(ncnc42)NCC=N3)O[C@H](CO)[C@H]1O. The smallest absolute Gasteiger partial charge is 0.167 e. The first-order valence-corrected chi connectivity index (χ1v) is 7.32. The summed E-state index contributed by atoms with van der Waals surface area (Å²) in [5.74, 6) is 0.651. The molecular formula is C14H17N5O4. The van der Waals surface area contributed by atoms with Crippen LogP contribution in [0, 0.1) is 0 Å². The molecule has 4 atom stereocenters. The third-order valence-electron chi connectivity index (χ3n) is 4.37. The monoisotopic (exact) mass is 319 g/mol. The van der Waals surface area contributed by atoms with Gasteiger partial charge in [0.1, 0.15) is 35.6 Å². The van der Waals surface area contributed by atoms with E-state index in [2.05, 4.69) is 20.3 Å². The molecule has 0 bridgehead atoms. The maximum atomic E-state index is 10.7. The topological polar surface area (TPSA) is 125 Å². The third-order valence-corrected chi connectivity index (χ3v) is 4.37. The lowest BCUT2D eigenvalue weighted by Gasteiger charge is -2.27. The van der Waals surface area contributed by atoms with Crippen molar-refractivity contribution >= 4 is 28.8 Å². The maximum Gasteiger partial charge on any atom is 0.167 e. The van der Waals surface area contributed by atoms with E-state index in [4.69, 9.17) is 4.74 Å². The van der Waals surface area contributed by atoms with Gasteiger partial charge in [0.15, 0.2) is 6.23 Å². The molecule has 0 aromatic carbocycles. The summed E-state index contributed by atoms with van der Waals surface area (Å²) in [5, 5.41) is 34.0. The number of aromatic nitrogens is 3. The van der Waals surface area contributed by atoms with Crippen LogP contribution in [0.1, 0.15) is 13.2 Å². The van der Waals surface area contributed by atoms with Gasteiger partial charge in [-0.3, -0.25) is 4.99 Å². The van der Waals surface area contributed by atoms with Crippen molar-refractivity contribution in [3.63, 3.8) is 0 Å². The highest BCUT2D eigenvalue weighted by Crippen LogP contribution is 2.42. The molecule has 1 saturated heterocycles. The zero-order chi connectivity index (χ0) is 16.2. The second-order valence-corrected chi connectivity index (χ2v) is 5.92. The van der Waals surface area contributed by atoms with E-state index in [1.165, 1.54) is 13.3 Å². The van der Waals surface area contributed by atoms with Crippen molar-refractivity contribution in [3.8, 4) is 0 Å². The van der Waals surface area contributed by atoms with Gasteiger partial charge in [0.25, 0.3) is 0 Å². The van der Waals surface area contributed by atoms with Crippen molar-refractivity contribution in [2.45, 2.75) is 31.0 Å². The summed E-state index contributed by atoms with van der Waals surface area (Å²) < 4.78 is 7.29. The molecule has 0 radical (unpaired) electrons. The van der Waals surface area contributed by atoms with Crippen LogP contribution in [0.4, 0.5) is 11.5 Å². The van der Waals surface area contributed by atoms with E-state index in [0.29, 0.717) is 23.7 Å². The Labute approximate surface area is 131 Å². The second-order valence-electron chi connectivity index (χ2n) is 5.92. The lowest BCUT2D eigenvalue weighted by molar-refractivity contribution is -0.0947. The largest absolute Gasteiger partial charge is 0.394 e. The molecule has 4 N–H and O–H groups in total. The molecule has 2 aliphatic rings. The number of anilines is 1. The highest BCUT2D eigenvalue weighted by molar-refractivity contribution is 6.00. The minimum Gasteiger partial charge on any atom is -0.394 e. The number of ether oxygens (including phenoxy) is 1. The normalized spacial score (nSPS) is 33.0. The Bertz CT molecular complexity index is 787. The third kappa shape index (κ3) is 1.98. The van der Waals surface area contributed by atoms with Crippen molar-refractivity contribution in [2.24, 2.45) is 4.99 Å². The Kier molecular flexibility index (Phi) is 3.13. The minimum atomic E-state index is -1.58. The van der Waals surface area contributed by atoms with Crippen LogP contribution in [0.25, 0.3) is 11.0 Å². The molecule has 122 valence electrons. The van der Waals surface area contributed by atoms with Crippen molar-refractivity contribution in [3.05, 3.63) is 12.5 Å². The van der Waals surface area contributed by atoms with E-state index >= 15 is 0 Å². The first-order chi connectivity index (χ1) is 11.0. The van der Waals surface area contributed by atoms with Gasteiger partial charge in [-0.2, -0.15) is 0 Å². The Morgan fingerprint density at radius 3 is 3.04 bits per heavy atom. The van der Waals surface area contributed by atoms with Gasteiger partial charge in [-0.05, 0) is 6.92 Å². The molecule has 9 nitrogen and oxygen atoms in total. The summed E-state index contributed by atoms with van der Waals surface area (Å²) in [7, 11) is 0. The fourth-order valence-electron chi connectivity index (χ4n) is 3.15. The van der Waals surface area contributed by atoms with Crippen molar-refractivity contribution in [2.75, 3.05) is 18.5 Å². The van der Waals surface area contributed by atoms with Crippen LogP contribution in [-0.4, -0.2) is 67.0 Å². The van der Waals surface area contributed by atoms with E-state index in [-0.39, 0.29) is 6.61 Å². The Morgan fingerprint density at radius 1 is 1.48 bits per heavy atom. The average molecular weight is 319 g/mol. The van der Waals surface area contributed by atoms with E-state index < -0.39 is 24.0 Å². The van der Waals surface area contributed by atoms with Crippen molar-refractivity contribution < 1.29 is 20.1 Å². The predicted octanol–water partition coefficient (Wildman–Crippen LogP) is -0.439. The standard InChI is InChI=1S/C14H17N5O4/c1-14(22)10(21)8(5-20)23-13(14)19-4-7-9-11(16-3-2-15-7)17-6-18-12(9)19/h2,4,6,8,10,13,20-22H,3,5H2,1H3,(H,16,17,18)/t8-,10-,13?,14-/m1/s1. The van der Waals surface area contributed by atoms with Gasteiger partial charge in [0, 0.05) is 12.4 Å². The number of hydrogen-bond acceptors (Lipinski definition) is 8. The maximum absolute atomic E-state index is 10.7. The molecule has 4 rings (SSSR count). The van der Waals surface area contributed by atoms with Crippen LogP contribution in [0.15, 0.2) is 17.5 Å². The van der Waals surface area contributed by atoms with Crippen LogP contribution >= 0.6 is 0 Å². The van der Waals surface area contributed by atoms with Crippen LogP contribution < -0.4 is 5.32 Å². The van der Waals surface area contributed by atoms with Crippen molar-refractivity contribution in [1.82, 2.24) is 14.5 Å². The number of hydrogen-bond donors (Lipinski definition) is 4. The van der Waals surface area contributed by atoms with Crippen LogP contribution in [0.5, 0.6) is 0 Å². The molecule has 9 heteroatoms. The van der Waals surface area contributed by atoms with Crippen LogP contribution in [0.2, 0.25) is 0 Å². The number of aliphatic hydroxyl groups is 3. The van der Waals surface area contributed by atoms with Gasteiger partial charge in [0.05, 0.1) is 24.2 Å². The summed E-state index contributed by atoms with van der Waals surface area (Å²) in [6, 6.07) is 0. The molecule has 0 aliphatic carbocycles. The summed E-state index contributed by atoms with van der Waals surface area (Å²) in [4.78, 5) is 12.9. The highest BCUT2D eigenvalue weighted by Gasteiger charge is 2.53. The zero-order valence-electron chi connectivity index (χ0n) is 12.4. The molecule has 0 spiro atoms. The van der Waals surface area contributed by atoms with Gasteiger partial charge in [0.2, 0.25) is 0 Å². The summed E-state index contributed by atoms with van der Waals surface area (Å²) in [5.41, 5.74) is -0.391. The molecule has 4 heterocycles. The van der Waals surface area contributed by atoms with Gasteiger partial charge in [-0.25, -0.2) is 9.97 Å². The number of nitrogens with one attached hydrogen (secondary N) is 1. The number of rotatable bonds is 2. The van der Waals surface area contributed by atoms with Crippen LogP contribution in [-0.2, 0) is 4.74 Å². The van der Waals surface area contributed by atoms with Gasteiger partial charge >= 0.3 is 0 Å². The summed E-state index contributed by atoms with van der Waals surface area (Å²) in [6.07, 6.45) is 1.86. The summed E-state index contributed by atoms with van der Waals surface area (Å²) in [6.45, 7) is 1.64. The van der Waals surface area contributed by atoms with Gasteiger partial charge < -0.3 is 29.9 Å². The van der Waals surface area contributed by atoms with Gasteiger partial charge in [-0.1, -0.05) is 0 Å². The molecule has 1 unspecified atom stereocenters.